The van der Waals surface area contributed by atoms with E-state index in [1.54, 1.807) is 0 Å². The van der Waals surface area contributed by atoms with Crippen LogP contribution in [-0.2, 0) is 4.74 Å². The topological polar surface area (TPSA) is 24.5 Å². The molecule has 2 aliphatic heterocycles. The van der Waals surface area contributed by atoms with Gasteiger partial charge in [-0.3, -0.25) is 0 Å². The summed E-state index contributed by atoms with van der Waals surface area (Å²) in [5.41, 5.74) is 0. The first-order chi connectivity index (χ1) is 7.86. The number of hydrogen-bond acceptors (Lipinski definition) is 3. The van der Waals surface area contributed by atoms with Crippen LogP contribution in [0.5, 0.6) is 0 Å². The summed E-state index contributed by atoms with van der Waals surface area (Å²) in [5, 5.41) is 3.40. The number of morpholine rings is 1. The fourth-order valence-corrected chi connectivity index (χ4v) is 2.78. The van der Waals surface area contributed by atoms with Crippen LogP contribution in [0, 0.1) is 0 Å². The molecule has 2 fully saturated rings. The van der Waals surface area contributed by atoms with Gasteiger partial charge in [-0.15, -0.1) is 0 Å². The summed E-state index contributed by atoms with van der Waals surface area (Å²) in [6.45, 7) is 7.85. The zero-order valence-corrected chi connectivity index (χ0v) is 10.6. The highest BCUT2D eigenvalue weighted by Crippen LogP contribution is 2.17. The summed E-state index contributed by atoms with van der Waals surface area (Å²) in [6.07, 6.45) is 7.24. The van der Waals surface area contributed by atoms with Crippen molar-refractivity contribution < 1.29 is 4.74 Å². The van der Waals surface area contributed by atoms with Crippen LogP contribution in [0.1, 0.15) is 39.0 Å². The van der Waals surface area contributed by atoms with Gasteiger partial charge in [0.25, 0.3) is 0 Å². The van der Waals surface area contributed by atoms with Crippen molar-refractivity contribution in [3.63, 3.8) is 0 Å². The molecular formula is C13H26N2O. The van der Waals surface area contributed by atoms with Gasteiger partial charge in [0.15, 0.2) is 0 Å². The van der Waals surface area contributed by atoms with Gasteiger partial charge in [0, 0.05) is 25.7 Å². The van der Waals surface area contributed by atoms with Gasteiger partial charge in [-0.25, -0.2) is 0 Å². The predicted molar refractivity (Wildman–Crippen MR) is 66.7 cm³/mol. The predicted octanol–water partition coefficient (Wildman–Crippen LogP) is 1.63. The minimum absolute atomic E-state index is 0.448. The molecule has 3 nitrogen and oxygen atoms in total. The fraction of sp³-hybridized carbons (Fsp3) is 1.00. The van der Waals surface area contributed by atoms with E-state index >= 15 is 0 Å². The van der Waals surface area contributed by atoms with Crippen LogP contribution in [0.25, 0.3) is 0 Å². The summed E-state index contributed by atoms with van der Waals surface area (Å²) in [4.78, 5) is 2.66. The van der Waals surface area contributed by atoms with E-state index in [-0.39, 0.29) is 0 Å². The summed E-state index contributed by atoms with van der Waals surface area (Å²) in [7, 11) is 0. The standard InChI is InChI=1S/C13H26N2O/c1-12-5-3-2-4-8-15(12)9-6-13-11-14-7-10-16-13/h12-14H,2-11H2,1H3. The first kappa shape index (κ1) is 12.3. The first-order valence-corrected chi connectivity index (χ1v) is 6.92. The molecule has 0 spiro atoms. The van der Waals surface area contributed by atoms with Gasteiger partial charge in [0.2, 0.25) is 0 Å². The van der Waals surface area contributed by atoms with E-state index in [1.165, 1.54) is 45.2 Å². The lowest BCUT2D eigenvalue weighted by molar-refractivity contribution is 0.0152. The average Bonchev–Trinajstić information content (AvgIpc) is 2.53. The summed E-state index contributed by atoms with van der Waals surface area (Å²) in [5.74, 6) is 0. The van der Waals surface area contributed by atoms with Crippen molar-refractivity contribution in [1.82, 2.24) is 10.2 Å². The molecule has 0 saturated carbocycles. The Morgan fingerprint density at radius 1 is 1.31 bits per heavy atom. The average molecular weight is 226 g/mol. The zero-order chi connectivity index (χ0) is 11.2. The minimum Gasteiger partial charge on any atom is -0.376 e. The Hall–Kier alpha value is -0.120. The molecule has 2 rings (SSSR count). The van der Waals surface area contributed by atoms with Crippen LogP contribution >= 0.6 is 0 Å². The number of nitrogens with one attached hydrogen (secondary N) is 1. The molecule has 3 heteroatoms. The Morgan fingerprint density at radius 3 is 3.06 bits per heavy atom. The summed E-state index contributed by atoms with van der Waals surface area (Å²) < 4.78 is 5.75. The van der Waals surface area contributed by atoms with Gasteiger partial charge in [-0.1, -0.05) is 12.8 Å². The molecule has 2 saturated heterocycles. The lowest BCUT2D eigenvalue weighted by Crippen LogP contribution is -2.42. The zero-order valence-electron chi connectivity index (χ0n) is 10.6. The molecule has 0 amide bonds. The number of likely N-dealkylation sites (tertiary alicyclic amines) is 1. The van der Waals surface area contributed by atoms with Crippen molar-refractivity contribution in [3.05, 3.63) is 0 Å². The van der Waals surface area contributed by atoms with Gasteiger partial charge in [-0.2, -0.15) is 0 Å². The summed E-state index contributed by atoms with van der Waals surface area (Å²) in [6, 6.07) is 0.777. The van der Waals surface area contributed by atoms with Crippen LogP contribution in [0.2, 0.25) is 0 Å². The van der Waals surface area contributed by atoms with E-state index in [2.05, 4.69) is 17.1 Å². The summed E-state index contributed by atoms with van der Waals surface area (Å²) >= 11 is 0. The van der Waals surface area contributed by atoms with E-state index in [9.17, 15) is 0 Å². The molecule has 0 aromatic carbocycles. The maximum atomic E-state index is 5.75. The molecular weight excluding hydrogens is 200 g/mol. The van der Waals surface area contributed by atoms with Gasteiger partial charge >= 0.3 is 0 Å². The van der Waals surface area contributed by atoms with Crippen molar-refractivity contribution >= 4 is 0 Å². The Labute approximate surface area is 99.5 Å². The molecule has 0 aliphatic carbocycles. The quantitative estimate of drug-likeness (QED) is 0.791. The largest absolute Gasteiger partial charge is 0.376 e. The van der Waals surface area contributed by atoms with E-state index in [0.29, 0.717) is 6.10 Å². The number of nitrogens with zero attached hydrogens (tertiary/aromatic N) is 1. The molecule has 94 valence electrons. The van der Waals surface area contributed by atoms with Crippen molar-refractivity contribution in [1.29, 1.82) is 0 Å². The molecule has 16 heavy (non-hydrogen) atoms. The van der Waals surface area contributed by atoms with Crippen LogP contribution in [-0.4, -0.2) is 49.8 Å². The van der Waals surface area contributed by atoms with Crippen LogP contribution in [0.3, 0.4) is 0 Å². The lowest BCUT2D eigenvalue weighted by atomic mass is 10.1. The second-order valence-electron chi connectivity index (χ2n) is 5.22. The van der Waals surface area contributed by atoms with Gasteiger partial charge in [0.05, 0.1) is 12.7 Å². The SMILES string of the molecule is CC1CCCCCN1CCC1CNCCO1. The minimum atomic E-state index is 0.448. The monoisotopic (exact) mass is 226 g/mol. The third-order valence-electron chi connectivity index (χ3n) is 3.93. The van der Waals surface area contributed by atoms with Crippen molar-refractivity contribution in [3.8, 4) is 0 Å². The molecule has 2 heterocycles. The number of ether oxygens (including phenoxy) is 1. The van der Waals surface area contributed by atoms with E-state index in [4.69, 9.17) is 4.74 Å². The maximum absolute atomic E-state index is 5.75. The van der Waals surface area contributed by atoms with Gasteiger partial charge in [0.1, 0.15) is 0 Å². The lowest BCUT2D eigenvalue weighted by Gasteiger charge is -2.30. The smallest absolute Gasteiger partial charge is 0.0712 e. The molecule has 0 aromatic rings. The van der Waals surface area contributed by atoms with Gasteiger partial charge in [-0.05, 0) is 32.7 Å². The Bertz CT molecular complexity index is 192. The Morgan fingerprint density at radius 2 is 2.25 bits per heavy atom. The first-order valence-electron chi connectivity index (χ1n) is 6.92. The fourth-order valence-electron chi connectivity index (χ4n) is 2.78. The highest BCUT2D eigenvalue weighted by atomic mass is 16.5. The van der Waals surface area contributed by atoms with Crippen LogP contribution in [0.15, 0.2) is 0 Å². The Balaban J connectivity index is 1.70. The van der Waals surface area contributed by atoms with Crippen molar-refractivity contribution in [2.24, 2.45) is 0 Å². The molecule has 2 aliphatic rings. The highest BCUT2D eigenvalue weighted by molar-refractivity contribution is 4.74. The van der Waals surface area contributed by atoms with Crippen molar-refractivity contribution in [2.45, 2.75) is 51.2 Å². The Kier molecular flexibility index (Phi) is 5.07. The molecule has 0 aromatic heterocycles. The molecule has 2 atom stereocenters. The second-order valence-corrected chi connectivity index (χ2v) is 5.22. The van der Waals surface area contributed by atoms with E-state index < -0.39 is 0 Å². The second kappa shape index (κ2) is 6.58. The molecule has 0 radical (unpaired) electrons. The van der Waals surface area contributed by atoms with Crippen LogP contribution in [0.4, 0.5) is 0 Å². The third-order valence-corrected chi connectivity index (χ3v) is 3.93. The van der Waals surface area contributed by atoms with Crippen LogP contribution < -0.4 is 5.32 Å². The third kappa shape index (κ3) is 3.72. The molecule has 2 unspecified atom stereocenters. The molecule has 0 bridgehead atoms. The number of hydrogen-bond donors (Lipinski definition) is 1. The van der Waals surface area contributed by atoms with E-state index in [1.807, 2.05) is 0 Å². The highest BCUT2D eigenvalue weighted by Gasteiger charge is 2.19. The normalized spacial score (nSPS) is 33.6. The number of rotatable bonds is 3. The van der Waals surface area contributed by atoms with E-state index in [0.717, 1.165) is 25.7 Å². The maximum Gasteiger partial charge on any atom is 0.0712 e. The van der Waals surface area contributed by atoms with Gasteiger partial charge < -0.3 is 15.0 Å². The molecule has 1 N–H and O–H groups in total. The van der Waals surface area contributed by atoms with Crippen molar-refractivity contribution in [2.75, 3.05) is 32.8 Å².